The zero-order chi connectivity index (χ0) is 14.8. The molecule has 1 N–H and O–H groups in total. The van der Waals surface area contributed by atoms with Gasteiger partial charge in [0.25, 0.3) is 0 Å². The van der Waals surface area contributed by atoms with Gasteiger partial charge in [-0.15, -0.1) is 0 Å². The number of hydrogen-bond donors (Lipinski definition) is 1. The SMILES string of the molecule is CCCNCCC(C)CCc1ccc(CC)c(CC)c1. The van der Waals surface area contributed by atoms with Crippen molar-refractivity contribution in [3.8, 4) is 0 Å². The summed E-state index contributed by atoms with van der Waals surface area (Å²) >= 11 is 0. The first-order chi connectivity index (χ1) is 9.71. The summed E-state index contributed by atoms with van der Waals surface area (Å²) in [5.74, 6) is 0.815. The van der Waals surface area contributed by atoms with Crippen molar-refractivity contribution < 1.29 is 0 Å². The first-order valence-corrected chi connectivity index (χ1v) is 8.52. The van der Waals surface area contributed by atoms with Gasteiger partial charge in [-0.05, 0) is 74.2 Å². The molecule has 0 spiro atoms. The van der Waals surface area contributed by atoms with E-state index < -0.39 is 0 Å². The van der Waals surface area contributed by atoms with Gasteiger partial charge in [-0.25, -0.2) is 0 Å². The molecule has 1 nitrogen and oxygen atoms in total. The monoisotopic (exact) mass is 275 g/mol. The fraction of sp³-hybridized carbons (Fsp3) is 0.684. The lowest BCUT2D eigenvalue weighted by molar-refractivity contribution is 0.470. The van der Waals surface area contributed by atoms with Crippen LogP contribution >= 0.6 is 0 Å². The van der Waals surface area contributed by atoms with Crippen LogP contribution in [0.15, 0.2) is 18.2 Å². The summed E-state index contributed by atoms with van der Waals surface area (Å²) in [6.45, 7) is 11.4. The minimum atomic E-state index is 0.815. The van der Waals surface area contributed by atoms with Crippen LogP contribution in [0.2, 0.25) is 0 Å². The van der Waals surface area contributed by atoms with Gasteiger partial charge in [-0.1, -0.05) is 45.9 Å². The molecule has 0 saturated carbocycles. The molecule has 1 rings (SSSR count). The predicted molar refractivity (Wildman–Crippen MR) is 90.5 cm³/mol. The summed E-state index contributed by atoms with van der Waals surface area (Å²) in [5.41, 5.74) is 4.59. The fourth-order valence-corrected chi connectivity index (χ4v) is 2.72. The Labute approximate surface area is 126 Å². The minimum absolute atomic E-state index is 0.815. The van der Waals surface area contributed by atoms with Crippen molar-refractivity contribution in [2.24, 2.45) is 5.92 Å². The highest BCUT2D eigenvalue weighted by atomic mass is 14.8. The quantitative estimate of drug-likeness (QED) is 0.607. The first-order valence-electron chi connectivity index (χ1n) is 8.52. The molecule has 0 aliphatic rings. The smallest absolute Gasteiger partial charge is 0.00464 e. The van der Waals surface area contributed by atoms with Crippen molar-refractivity contribution >= 4 is 0 Å². The largest absolute Gasteiger partial charge is 0.317 e. The third-order valence-corrected chi connectivity index (χ3v) is 4.20. The van der Waals surface area contributed by atoms with E-state index in [0.717, 1.165) is 25.3 Å². The standard InChI is InChI=1S/C19H33N/c1-5-13-20-14-12-16(4)8-9-17-10-11-18(6-2)19(7-3)15-17/h10-11,15-16,20H,5-9,12-14H2,1-4H3. The van der Waals surface area contributed by atoms with Gasteiger partial charge in [0.1, 0.15) is 0 Å². The van der Waals surface area contributed by atoms with Crippen LogP contribution in [-0.2, 0) is 19.3 Å². The Bertz CT molecular complexity index is 370. The van der Waals surface area contributed by atoms with E-state index in [0.29, 0.717) is 0 Å². The molecule has 0 fully saturated rings. The Morgan fingerprint density at radius 2 is 1.70 bits per heavy atom. The Balaban J connectivity index is 2.37. The molecule has 0 aromatic heterocycles. The third-order valence-electron chi connectivity index (χ3n) is 4.20. The highest BCUT2D eigenvalue weighted by Crippen LogP contribution is 2.17. The average molecular weight is 275 g/mol. The van der Waals surface area contributed by atoms with Gasteiger partial charge >= 0.3 is 0 Å². The first kappa shape index (κ1) is 17.2. The van der Waals surface area contributed by atoms with Crippen molar-refractivity contribution in [2.45, 2.75) is 66.2 Å². The van der Waals surface area contributed by atoms with Crippen LogP contribution in [0.1, 0.15) is 63.6 Å². The van der Waals surface area contributed by atoms with Gasteiger partial charge in [0.15, 0.2) is 0 Å². The lowest BCUT2D eigenvalue weighted by Crippen LogP contribution is -2.18. The molecule has 0 bridgehead atoms. The van der Waals surface area contributed by atoms with Crippen LogP contribution in [0.25, 0.3) is 0 Å². The van der Waals surface area contributed by atoms with Gasteiger partial charge in [-0.3, -0.25) is 0 Å². The van der Waals surface area contributed by atoms with Crippen LogP contribution in [0, 0.1) is 5.92 Å². The molecule has 0 amide bonds. The highest BCUT2D eigenvalue weighted by Gasteiger charge is 2.05. The molecule has 20 heavy (non-hydrogen) atoms. The molecule has 0 radical (unpaired) electrons. The zero-order valence-electron chi connectivity index (χ0n) is 14.0. The van der Waals surface area contributed by atoms with Crippen LogP contribution in [0.5, 0.6) is 0 Å². The van der Waals surface area contributed by atoms with Crippen LogP contribution in [0.4, 0.5) is 0 Å². The Kier molecular flexibility index (Phi) is 8.60. The summed E-state index contributed by atoms with van der Waals surface area (Å²) in [6.07, 6.45) is 7.39. The molecular weight excluding hydrogens is 242 g/mol. The van der Waals surface area contributed by atoms with E-state index in [4.69, 9.17) is 0 Å². The molecule has 0 aliphatic carbocycles. The normalized spacial score (nSPS) is 12.6. The van der Waals surface area contributed by atoms with Gasteiger partial charge in [0, 0.05) is 0 Å². The topological polar surface area (TPSA) is 12.0 Å². The maximum absolute atomic E-state index is 3.50. The van der Waals surface area contributed by atoms with Gasteiger partial charge in [0.2, 0.25) is 0 Å². The third kappa shape index (κ3) is 6.09. The van der Waals surface area contributed by atoms with E-state index >= 15 is 0 Å². The lowest BCUT2D eigenvalue weighted by atomic mass is 9.94. The molecular formula is C19H33N. The number of hydrogen-bond acceptors (Lipinski definition) is 1. The van der Waals surface area contributed by atoms with Crippen molar-refractivity contribution in [2.75, 3.05) is 13.1 Å². The Morgan fingerprint density at radius 3 is 2.35 bits per heavy atom. The maximum atomic E-state index is 3.50. The van der Waals surface area contributed by atoms with Crippen LogP contribution in [0.3, 0.4) is 0 Å². The Morgan fingerprint density at radius 1 is 0.950 bits per heavy atom. The second-order valence-electron chi connectivity index (χ2n) is 5.99. The number of benzene rings is 1. The zero-order valence-corrected chi connectivity index (χ0v) is 14.0. The molecule has 0 saturated heterocycles. The molecule has 1 atom stereocenters. The van der Waals surface area contributed by atoms with Crippen molar-refractivity contribution in [3.05, 3.63) is 34.9 Å². The van der Waals surface area contributed by atoms with Gasteiger partial charge in [-0.2, -0.15) is 0 Å². The van der Waals surface area contributed by atoms with Gasteiger partial charge < -0.3 is 5.32 Å². The van der Waals surface area contributed by atoms with Gasteiger partial charge in [0.05, 0.1) is 0 Å². The fourth-order valence-electron chi connectivity index (χ4n) is 2.72. The lowest BCUT2D eigenvalue weighted by Gasteiger charge is -2.13. The molecule has 1 aromatic rings. The minimum Gasteiger partial charge on any atom is -0.317 e. The highest BCUT2D eigenvalue weighted by molar-refractivity contribution is 5.32. The number of nitrogens with one attached hydrogen (secondary N) is 1. The second-order valence-corrected chi connectivity index (χ2v) is 5.99. The number of aryl methyl sites for hydroxylation is 3. The van der Waals surface area contributed by atoms with Crippen molar-refractivity contribution in [3.63, 3.8) is 0 Å². The van der Waals surface area contributed by atoms with E-state index in [1.54, 1.807) is 5.56 Å². The Hall–Kier alpha value is -0.820. The molecule has 0 aliphatic heterocycles. The van der Waals surface area contributed by atoms with E-state index in [9.17, 15) is 0 Å². The molecule has 114 valence electrons. The summed E-state index contributed by atoms with van der Waals surface area (Å²) in [5, 5.41) is 3.50. The van der Waals surface area contributed by atoms with Crippen LogP contribution < -0.4 is 5.32 Å². The second kappa shape index (κ2) is 9.99. The van der Waals surface area contributed by atoms with E-state index in [-0.39, 0.29) is 0 Å². The summed E-state index contributed by atoms with van der Waals surface area (Å²) in [4.78, 5) is 0. The van der Waals surface area contributed by atoms with Crippen LogP contribution in [-0.4, -0.2) is 13.1 Å². The van der Waals surface area contributed by atoms with Crippen molar-refractivity contribution in [1.29, 1.82) is 0 Å². The summed E-state index contributed by atoms with van der Waals surface area (Å²) in [6, 6.07) is 7.10. The maximum Gasteiger partial charge on any atom is -0.00464 e. The van der Waals surface area contributed by atoms with Crippen molar-refractivity contribution in [1.82, 2.24) is 5.32 Å². The molecule has 1 unspecified atom stereocenters. The van der Waals surface area contributed by atoms with E-state index in [1.807, 2.05) is 0 Å². The summed E-state index contributed by atoms with van der Waals surface area (Å²) in [7, 11) is 0. The number of rotatable bonds is 10. The average Bonchev–Trinajstić information content (AvgIpc) is 2.49. The molecule has 1 aromatic carbocycles. The van der Waals surface area contributed by atoms with E-state index in [2.05, 4.69) is 51.2 Å². The molecule has 1 heteroatoms. The van der Waals surface area contributed by atoms with E-state index in [1.165, 1.54) is 43.4 Å². The molecule has 0 heterocycles. The summed E-state index contributed by atoms with van der Waals surface area (Å²) < 4.78 is 0. The predicted octanol–water partition coefficient (Wildman–Crippen LogP) is 4.77.